The van der Waals surface area contributed by atoms with Crippen molar-refractivity contribution >= 4 is 11.7 Å². The van der Waals surface area contributed by atoms with Crippen LogP contribution in [0.2, 0.25) is 0 Å². The van der Waals surface area contributed by atoms with Crippen molar-refractivity contribution in [1.29, 1.82) is 0 Å². The lowest BCUT2D eigenvalue weighted by atomic mass is 10.3. The molecule has 0 bridgehead atoms. The monoisotopic (exact) mass is 401 g/mol. The van der Waals surface area contributed by atoms with Crippen molar-refractivity contribution in [3.05, 3.63) is 24.3 Å². The van der Waals surface area contributed by atoms with Crippen LogP contribution in [0.5, 0.6) is 5.75 Å². The third kappa shape index (κ3) is 14.2. The molecule has 0 saturated carbocycles. The van der Waals surface area contributed by atoms with Crippen molar-refractivity contribution in [3.8, 4) is 5.75 Å². The highest BCUT2D eigenvalue weighted by Gasteiger charge is 1.99. The summed E-state index contributed by atoms with van der Waals surface area (Å²) in [6, 6.07) is 7.23. The predicted octanol–water partition coefficient (Wildman–Crippen LogP) is 0.904. The summed E-state index contributed by atoms with van der Waals surface area (Å²) in [5.74, 6) is 0.365. The summed E-state index contributed by atoms with van der Waals surface area (Å²) in [5.41, 5.74) is 6.31. The Labute approximate surface area is 165 Å². The van der Waals surface area contributed by atoms with Gasteiger partial charge in [0.15, 0.2) is 0 Å². The number of hydrogen-bond donors (Lipinski definition) is 1. The van der Waals surface area contributed by atoms with E-state index in [1.54, 1.807) is 12.1 Å². The summed E-state index contributed by atoms with van der Waals surface area (Å²) in [6.07, 6.45) is 0. The molecule has 0 aromatic heterocycles. The van der Waals surface area contributed by atoms with Gasteiger partial charge in [-0.15, -0.1) is 0 Å². The molecule has 1 aromatic rings. The van der Waals surface area contributed by atoms with Crippen LogP contribution >= 0.6 is 0 Å². The van der Waals surface area contributed by atoms with E-state index in [9.17, 15) is 4.79 Å². The van der Waals surface area contributed by atoms with Gasteiger partial charge in [-0.3, -0.25) is 0 Å². The fraction of sp³-hybridized carbons (Fsp3) is 0.632. The van der Waals surface area contributed by atoms with Crippen molar-refractivity contribution in [2.24, 2.45) is 0 Å². The number of carbonyl (C=O) groups excluding carboxylic acids is 1. The second-order valence-electron chi connectivity index (χ2n) is 5.50. The molecule has 9 nitrogen and oxygen atoms in total. The van der Waals surface area contributed by atoms with E-state index in [2.05, 4.69) is 4.74 Å². The maximum Gasteiger partial charge on any atom is 0.331 e. The molecule has 2 N–H and O–H groups in total. The Hall–Kier alpha value is -1.91. The number of ether oxygens (including phenoxy) is 7. The predicted molar refractivity (Wildman–Crippen MR) is 102 cm³/mol. The summed E-state index contributed by atoms with van der Waals surface area (Å²) in [4.78, 5) is 10.8. The topological polar surface area (TPSA) is 108 Å². The molecule has 0 saturated heterocycles. The third-order valence-electron chi connectivity index (χ3n) is 3.31. The first-order valence-corrected chi connectivity index (χ1v) is 9.16. The first kappa shape index (κ1) is 24.1. The number of nitrogen functional groups attached to an aromatic ring is 1. The Morgan fingerprint density at radius 3 is 1.61 bits per heavy atom. The Balaban J connectivity index is 1.73. The molecule has 0 radical (unpaired) electrons. The van der Waals surface area contributed by atoms with Gasteiger partial charge in [0.25, 0.3) is 0 Å². The molecule has 0 aliphatic rings. The fourth-order valence-electron chi connectivity index (χ4n) is 1.88. The Kier molecular flexibility index (Phi) is 14.8. The van der Waals surface area contributed by atoms with Crippen molar-refractivity contribution in [2.75, 3.05) is 85.5 Å². The van der Waals surface area contributed by atoms with Gasteiger partial charge in [-0.25, -0.2) is 4.79 Å². The zero-order valence-electron chi connectivity index (χ0n) is 16.4. The molecular weight excluding hydrogens is 370 g/mol. The van der Waals surface area contributed by atoms with Crippen LogP contribution in [0.25, 0.3) is 0 Å². The lowest BCUT2D eigenvalue weighted by Gasteiger charge is -2.08. The highest BCUT2D eigenvalue weighted by atomic mass is 16.6. The molecule has 160 valence electrons. The average Bonchev–Trinajstić information content (AvgIpc) is 2.71. The fourth-order valence-corrected chi connectivity index (χ4v) is 1.88. The average molecular weight is 401 g/mol. The standard InChI is InChI=1S/C19H31NO8/c1-22-19(21)16-27-13-12-25-9-8-23-6-7-24-10-11-26-14-15-28-18-4-2-17(20)3-5-18/h2-5H,6-16,20H2,1H3. The Bertz CT molecular complexity index is 497. The van der Waals surface area contributed by atoms with Crippen LogP contribution in [-0.4, -0.2) is 85.8 Å². The third-order valence-corrected chi connectivity index (χ3v) is 3.31. The van der Waals surface area contributed by atoms with Gasteiger partial charge in [-0.2, -0.15) is 0 Å². The second-order valence-corrected chi connectivity index (χ2v) is 5.50. The molecule has 1 aromatic carbocycles. The first-order valence-electron chi connectivity index (χ1n) is 9.16. The van der Waals surface area contributed by atoms with Gasteiger partial charge >= 0.3 is 5.97 Å². The van der Waals surface area contributed by atoms with E-state index >= 15 is 0 Å². The number of hydrogen-bond acceptors (Lipinski definition) is 9. The molecule has 1 rings (SSSR count). The highest BCUT2D eigenvalue weighted by Crippen LogP contribution is 2.12. The minimum Gasteiger partial charge on any atom is -0.491 e. The van der Waals surface area contributed by atoms with Crippen molar-refractivity contribution < 1.29 is 38.0 Å². The van der Waals surface area contributed by atoms with Gasteiger partial charge in [0.05, 0.1) is 66.6 Å². The smallest absolute Gasteiger partial charge is 0.331 e. The van der Waals surface area contributed by atoms with Gasteiger partial charge in [-0.1, -0.05) is 0 Å². The zero-order chi connectivity index (χ0) is 20.3. The van der Waals surface area contributed by atoms with Crippen molar-refractivity contribution in [3.63, 3.8) is 0 Å². The minimum atomic E-state index is -0.403. The van der Waals surface area contributed by atoms with E-state index in [1.807, 2.05) is 12.1 Å². The normalized spacial score (nSPS) is 10.8. The summed E-state index contributed by atoms with van der Waals surface area (Å²) in [7, 11) is 1.32. The summed E-state index contributed by atoms with van der Waals surface area (Å²) >= 11 is 0. The van der Waals surface area contributed by atoms with Crippen LogP contribution < -0.4 is 10.5 Å². The van der Waals surface area contributed by atoms with Gasteiger partial charge in [0.2, 0.25) is 0 Å². The molecule has 0 unspecified atom stereocenters. The molecule has 9 heteroatoms. The van der Waals surface area contributed by atoms with Crippen LogP contribution in [0.15, 0.2) is 24.3 Å². The van der Waals surface area contributed by atoms with E-state index in [0.29, 0.717) is 71.8 Å². The maximum absolute atomic E-state index is 10.8. The molecule has 0 fully saturated rings. The molecule has 0 aliphatic heterocycles. The van der Waals surface area contributed by atoms with Crippen molar-refractivity contribution in [1.82, 2.24) is 0 Å². The zero-order valence-corrected chi connectivity index (χ0v) is 16.4. The van der Waals surface area contributed by atoms with Crippen LogP contribution in [0.3, 0.4) is 0 Å². The van der Waals surface area contributed by atoms with Gasteiger partial charge < -0.3 is 38.9 Å². The van der Waals surface area contributed by atoms with Crippen molar-refractivity contribution in [2.45, 2.75) is 0 Å². The molecule has 0 spiro atoms. The van der Waals surface area contributed by atoms with Crippen LogP contribution in [0.4, 0.5) is 5.69 Å². The number of benzene rings is 1. The second kappa shape index (κ2) is 17.2. The number of nitrogens with two attached hydrogens (primary N) is 1. The van der Waals surface area contributed by atoms with E-state index in [1.165, 1.54) is 7.11 Å². The minimum absolute atomic E-state index is 0.0625. The van der Waals surface area contributed by atoms with E-state index in [4.69, 9.17) is 34.2 Å². The molecular formula is C19H31NO8. The lowest BCUT2D eigenvalue weighted by Crippen LogP contribution is -2.15. The number of esters is 1. The number of rotatable bonds is 18. The molecule has 0 atom stereocenters. The van der Waals surface area contributed by atoms with Gasteiger partial charge in [-0.05, 0) is 24.3 Å². The van der Waals surface area contributed by atoms with E-state index in [0.717, 1.165) is 5.75 Å². The summed E-state index contributed by atoms with van der Waals surface area (Å²) in [5, 5.41) is 0. The van der Waals surface area contributed by atoms with E-state index < -0.39 is 5.97 Å². The quantitative estimate of drug-likeness (QED) is 0.218. The number of methoxy groups -OCH3 is 1. The van der Waals surface area contributed by atoms with E-state index in [-0.39, 0.29) is 6.61 Å². The number of carbonyl (C=O) groups is 1. The number of anilines is 1. The lowest BCUT2D eigenvalue weighted by molar-refractivity contribution is -0.146. The molecule has 0 heterocycles. The summed E-state index contributed by atoms with van der Waals surface area (Å²) < 4.78 is 36.4. The van der Waals surface area contributed by atoms with Gasteiger partial charge in [0.1, 0.15) is 19.0 Å². The SMILES string of the molecule is COC(=O)COCCOCCOCCOCCOCCOc1ccc(N)cc1. The molecule has 0 amide bonds. The molecule has 0 aliphatic carbocycles. The van der Waals surface area contributed by atoms with Crippen LogP contribution in [0, 0.1) is 0 Å². The maximum atomic E-state index is 10.8. The van der Waals surface area contributed by atoms with Crippen LogP contribution in [-0.2, 0) is 33.2 Å². The Morgan fingerprint density at radius 1 is 0.714 bits per heavy atom. The first-order chi connectivity index (χ1) is 13.7. The van der Waals surface area contributed by atoms with Crippen LogP contribution in [0.1, 0.15) is 0 Å². The summed E-state index contributed by atoms with van der Waals surface area (Å²) in [6.45, 7) is 4.55. The molecule has 28 heavy (non-hydrogen) atoms. The largest absolute Gasteiger partial charge is 0.491 e. The van der Waals surface area contributed by atoms with Gasteiger partial charge in [0, 0.05) is 5.69 Å². The highest BCUT2D eigenvalue weighted by molar-refractivity contribution is 5.70. The Morgan fingerprint density at radius 2 is 1.14 bits per heavy atom.